The van der Waals surface area contributed by atoms with Crippen molar-refractivity contribution >= 4 is 34.2 Å². The molecule has 1 aliphatic heterocycles. The molecule has 2 aromatic rings. The third-order valence-electron chi connectivity index (χ3n) is 5.56. The molecule has 0 aromatic carbocycles. The number of aromatic amines is 1. The lowest BCUT2D eigenvalue weighted by Gasteiger charge is -2.32. The number of carbonyl (C=O) groups is 1. The minimum absolute atomic E-state index is 0.0167. The number of piperidine rings is 1. The summed E-state index contributed by atoms with van der Waals surface area (Å²) in [6.07, 6.45) is 7.36. The molecule has 7 nitrogen and oxygen atoms in total. The van der Waals surface area contributed by atoms with Crippen molar-refractivity contribution in [2.75, 3.05) is 20.2 Å². The van der Waals surface area contributed by atoms with E-state index >= 15 is 0 Å². The lowest BCUT2D eigenvalue weighted by molar-refractivity contribution is -0.136. The van der Waals surface area contributed by atoms with Gasteiger partial charge in [0.05, 0.1) is 23.3 Å². The van der Waals surface area contributed by atoms with Crippen molar-refractivity contribution in [2.45, 2.75) is 45.6 Å². The summed E-state index contributed by atoms with van der Waals surface area (Å²) in [5, 5.41) is 0.554. The van der Waals surface area contributed by atoms with Gasteiger partial charge in [0.15, 0.2) is 5.65 Å². The number of likely N-dealkylation sites (tertiary alicyclic amines) is 1. The van der Waals surface area contributed by atoms with E-state index < -0.39 is 0 Å². The van der Waals surface area contributed by atoms with E-state index in [0.29, 0.717) is 35.5 Å². The molecule has 2 aliphatic rings. The predicted octanol–water partition coefficient (Wildman–Crippen LogP) is 4.34. The van der Waals surface area contributed by atoms with Gasteiger partial charge in [0.1, 0.15) is 11.9 Å². The van der Waals surface area contributed by atoms with E-state index in [1.54, 1.807) is 7.11 Å². The van der Waals surface area contributed by atoms with Gasteiger partial charge in [-0.3, -0.25) is 4.79 Å². The molecule has 1 fully saturated rings. The summed E-state index contributed by atoms with van der Waals surface area (Å²) in [6, 6.07) is 2.27. The zero-order valence-corrected chi connectivity index (χ0v) is 18.3. The highest BCUT2D eigenvalue weighted by molar-refractivity contribution is 6.32. The van der Waals surface area contributed by atoms with Gasteiger partial charge in [0, 0.05) is 37.4 Å². The smallest absolute Gasteiger partial charge is 0.296 e. The van der Waals surface area contributed by atoms with Crippen LogP contribution in [0.3, 0.4) is 0 Å². The van der Waals surface area contributed by atoms with Gasteiger partial charge in [-0.05, 0) is 25.0 Å². The number of pyridine rings is 1. The first-order chi connectivity index (χ1) is 14.5. The second kappa shape index (κ2) is 8.68. The minimum Gasteiger partial charge on any atom is -0.496 e. The Kier molecular flexibility index (Phi) is 5.99. The summed E-state index contributed by atoms with van der Waals surface area (Å²) in [5.41, 5.74) is 2.98. The summed E-state index contributed by atoms with van der Waals surface area (Å²) >= 11 is 6.53. The molecule has 1 saturated heterocycles. The molecule has 0 unspecified atom stereocenters. The minimum atomic E-state index is 0.0167. The Morgan fingerprint density at radius 2 is 2.07 bits per heavy atom. The number of aromatic nitrogens is 3. The fourth-order valence-corrected chi connectivity index (χ4v) is 4.21. The number of fused-ring (bicyclic) bond motifs is 1. The number of methoxy groups -OCH3 is 1. The second-order valence-corrected chi connectivity index (χ2v) is 8.42. The van der Waals surface area contributed by atoms with Crippen LogP contribution in [-0.2, 0) is 9.53 Å². The fraction of sp³-hybridized carbons (Fsp3) is 0.500. The first kappa shape index (κ1) is 20.7. The summed E-state index contributed by atoms with van der Waals surface area (Å²) in [6.45, 7) is 5.27. The van der Waals surface area contributed by atoms with E-state index in [2.05, 4.69) is 21.0 Å². The summed E-state index contributed by atoms with van der Waals surface area (Å²) in [4.78, 5) is 26.4. The Morgan fingerprint density at radius 3 is 2.77 bits per heavy atom. The van der Waals surface area contributed by atoms with Crippen LogP contribution < -0.4 is 4.74 Å². The van der Waals surface area contributed by atoms with E-state index in [9.17, 15) is 4.79 Å². The Hall–Kier alpha value is -2.54. The first-order valence-electron chi connectivity index (χ1n) is 10.4. The molecule has 30 heavy (non-hydrogen) atoms. The lowest BCUT2D eigenvalue weighted by atomic mass is 10.00. The van der Waals surface area contributed by atoms with E-state index in [-0.39, 0.29) is 17.9 Å². The van der Waals surface area contributed by atoms with E-state index in [1.807, 2.05) is 30.9 Å². The highest BCUT2D eigenvalue weighted by Gasteiger charge is 2.26. The number of nitrogens with zero attached hydrogens (tertiary/aromatic N) is 3. The van der Waals surface area contributed by atoms with E-state index in [4.69, 9.17) is 21.1 Å². The standard InChI is InChI=1S/C22H27ClN4O3/c1-13(2)21(28)27-10-8-14(9-11-27)30-22-24-17-12-16(23)19(25-20(17)26-22)15-6-4-5-7-18(15)29-3/h5,7,12-14H,4,6,8-11H2,1-3H3,(H,24,25,26). The van der Waals surface area contributed by atoms with Gasteiger partial charge >= 0.3 is 0 Å². The maximum absolute atomic E-state index is 12.1. The Balaban J connectivity index is 1.50. The zero-order chi connectivity index (χ0) is 21.3. The number of amides is 1. The van der Waals surface area contributed by atoms with Crippen molar-refractivity contribution in [3.05, 3.63) is 34.7 Å². The summed E-state index contributed by atoms with van der Waals surface area (Å²) < 4.78 is 11.5. The molecule has 0 saturated carbocycles. The molecular weight excluding hydrogens is 404 g/mol. The molecule has 8 heteroatoms. The maximum Gasteiger partial charge on any atom is 0.296 e. The largest absolute Gasteiger partial charge is 0.496 e. The highest BCUT2D eigenvalue weighted by Crippen LogP contribution is 2.34. The molecule has 0 bridgehead atoms. The van der Waals surface area contributed by atoms with Gasteiger partial charge in [-0.1, -0.05) is 31.5 Å². The number of allylic oxidation sites excluding steroid dienone is 3. The van der Waals surface area contributed by atoms with Crippen LogP contribution in [0.1, 0.15) is 45.2 Å². The Morgan fingerprint density at radius 1 is 1.30 bits per heavy atom. The van der Waals surface area contributed by atoms with Crippen molar-refractivity contribution < 1.29 is 14.3 Å². The normalized spacial score (nSPS) is 17.8. The molecule has 1 aliphatic carbocycles. The molecule has 3 heterocycles. The fourth-order valence-electron chi connectivity index (χ4n) is 3.95. The molecular formula is C22H27ClN4O3. The van der Waals surface area contributed by atoms with Crippen LogP contribution in [0.5, 0.6) is 6.01 Å². The SMILES string of the molecule is COC1=C(c2nc3nc(OC4CCN(C(=O)C(C)C)CC4)[nH]c3cc2Cl)CCC=C1. The Bertz CT molecular complexity index is 1000. The quantitative estimate of drug-likeness (QED) is 0.762. The summed E-state index contributed by atoms with van der Waals surface area (Å²) in [5.74, 6) is 1.01. The number of imidazole rings is 1. The number of nitrogens with one attached hydrogen (secondary N) is 1. The number of halogens is 1. The van der Waals surface area contributed by atoms with Crippen molar-refractivity contribution in [1.82, 2.24) is 19.9 Å². The number of ether oxygens (including phenoxy) is 2. The van der Waals surface area contributed by atoms with Gasteiger partial charge in [-0.2, -0.15) is 4.98 Å². The van der Waals surface area contributed by atoms with Gasteiger partial charge < -0.3 is 19.4 Å². The Labute approximate surface area is 181 Å². The number of rotatable bonds is 5. The van der Waals surface area contributed by atoms with Crippen LogP contribution in [0, 0.1) is 5.92 Å². The molecule has 160 valence electrons. The van der Waals surface area contributed by atoms with Crippen molar-refractivity contribution in [1.29, 1.82) is 0 Å². The monoisotopic (exact) mass is 430 g/mol. The average Bonchev–Trinajstić information content (AvgIpc) is 3.14. The van der Waals surface area contributed by atoms with Crippen molar-refractivity contribution in [2.24, 2.45) is 5.92 Å². The average molecular weight is 431 g/mol. The maximum atomic E-state index is 12.1. The lowest BCUT2D eigenvalue weighted by Crippen LogP contribution is -2.43. The van der Waals surface area contributed by atoms with E-state index in [0.717, 1.165) is 42.5 Å². The van der Waals surface area contributed by atoms with Crippen LogP contribution in [0.25, 0.3) is 16.7 Å². The van der Waals surface area contributed by atoms with Gasteiger partial charge in [-0.25, -0.2) is 4.98 Å². The van der Waals surface area contributed by atoms with Crippen LogP contribution in [-0.4, -0.2) is 52.1 Å². The van der Waals surface area contributed by atoms with E-state index in [1.165, 1.54) is 0 Å². The van der Waals surface area contributed by atoms with Crippen molar-refractivity contribution in [3.63, 3.8) is 0 Å². The number of hydrogen-bond donors (Lipinski definition) is 1. The molecule has 0 atom stereocenters. The van der Waals surface area contributed by atoms with Crippen molar-refractivity contribution in [3.8, 4) is 6.01 Å². The van der Waals surface area contributed by atoms with Crippen LogP contribution in [0.4, 0.5) is 0 Å². The molecule has 0 radical (unpaired) electrons. The third kappa shape index (κ3) is 4.17. The molecule has 4 rings (SSSR count). The number of H-pyrrole nitrogens is 1. The molecule has 1 N–H and O–H groups in total. The number of hydrogen-bond acceptors (Lipinski definition) is 5. The topological polar surface area (TPSA) is 80.3 Å². The molecule has 2 aromatic heterocycles. The second-order valence-electron chi connectivity index (χ2n) is 8.02. The highest BCUT2D eigenvalue weighted by atomic mass is 35.5. The summed E-state index contributed by atoms with van der Waals surface area (Å²) in [7, 11) is 1.65. The predicted molar refractivity (Wildman–Crippen MR) is 116 cm³/mol. The third-order valence-corrected chi connectivity index (χ3v) is 5.85. The first-order valence-corrected chi connectivity index (χ1v) is 10.8. The van der Waals surface area contributed by atoms with Gasteiger partial charge in [0.25, 0.3) is 6.01 Å². The molecule has 1 amide bonds. The van der Waals surface area contributed by atoms with Crippen LogP contribution in [0.2, 0.25) is 5.02 Å². The van der Waals surface area contributed by atoms with Gasteiger partial charge in [-0.15, -0.1) is 0 Å². The van der Waals surface area contributed by atoms with Gasteiger partial charge in [0.2, 0.25) is 5.91 Å². The van der Waals surface area contributed by atoms with Crippen LogP contribution in [0.15, 0.2) is 24.0 Å². The molecule has 0 spiro atoms. The van der Waals surface area contributed by atoms with Crippen LogP contribution >= 0.6 is 11.6 Å². The number of carbonyl (C=O) groups excluding carboxylic acids is 1. The zero-order valence-electron chi connectivity index (χ0n) is 17.6.